The summed E-state index contributed by atoms with van der Waals surface area (Å²) >= 11 is 5.64. The molecule has 112 valence electrons. The van der Waals surface area contributed by atoms with Gasteiger partial charge in [0, 0.05) is 17.3 Å². The normalized spacial score (nSPS) is 9.57. The summed E-state index contributed by atoms with van der Waals surface area (Å²) < 4.78 is 0. The van der Waals surface area contributed by atoms with Gasteiger partial charge in [0.05, 0.1) is 6.42 Å². The Balaban J connectivity index is 0.000000315. The number of carboxylic acids is 1. The molecule has 0 radical (unpaired) electrons. The number of carboxylic acid groups (broad SMARTS) is 1. The molecule has 0 heterocycles. The molecule has 0 saturated heterocycles. The molecule has 2 aromatic carbocycles. The van der Waals surface area contributed by atoms with Gasteiger partial charge in [0.2, 0.25) is 0 Å². The van der Waals surface area contributed by atoms with Crippen LogP contribution in [0.2, 0.25) is 0 Å². The van der Waals surface area contributed by atoms with E-state index in [1.54, 1.807) is 0 Å². The Morgan fingerprint density at radius 1 is 0.905 bits per heavy atom. The fourth-order valence-corrected chi connectivity index (χ4v) is 2.68. The van der Waals surface area contributed by atoms with E-state index in [2.05, 4.69) is 73.3 Å². The number of hydrogen-bond acceptors (Lipinski definition) is 3. The highest BCUT2D eigenvalue weighted by molar-refractivity contribution is 7.97. The van der Waals surface area contributed by atoms with Gasteiger partial charge in [-0.3, -0.25) is 4.79 Å². The second-order valence-electron chi connectivity index (χ2n) is 4.33. The van der Waals surface area contributed by atoms with E-state index in [9.17, 15) is 4.79 Å². The third kappa shape index (κ3) is 9.21. The molecule has 0 aliphatic carbocycles. The second kappa shape index (κ2) is 11.3. The first-order chi connectivity index (χ1) is 10.2. The number of carbonyl (C=O) groups is 1. The van der Waals surface area contributed by atoms with Crippen molar-refractivity contribution in [1.82, 2.24) is 0 Å². The lowest BCUT2D eigenvalue weighted by molar-refractivity contribution is -0.136. The van der Waals surface area contributed by atoms with Crippen molar-refractivity contribution >= 4 is 30.4 Å². The molecule has 0 fully saturated rings. The Morgan fingerprint density at radius 3 is 1.62 bits per heavy atom. The van der Waals surface area contributed by atoms with Crippen LogP contribution in [0.5, 0.6) is 0 Å². The summed E-state index contributed by atoms with van der Waals surface area (Å²) in [5.74, 6) is 1.82. The quantitative estimate of drug-likeness (QED) is 0.769. The van der Waals surface area contributed by atoms with E-state index in [4.69, 9.17) is 5.11 Å². The second-order valence-corrected chi connectivity index (χ2v) is 5.76. The van der Waals surface area contributed by atoms with Crippen molar-refractivity contribution < 1.29 is 9.90 Å². The number of aliphatic carboxylic acids is 1. The first-order valence-electron chi connectivity index (χ1n) is 6.70. The van der Waals surface area contributed by atoms with Crippen LogP contribution < -0.4 is 0 Å². The standard InChI is InChI=1S/C14H14S.C3H6O2S/c1-3-7-13(8-4-1)11-15-12-14-9-5-2-6-10-14;4-3(5)1-2-6/h1-10H,11-12H2;6H,1-2H2,(H,4,5). The fraction of sp³-hybridized carbons (Fsp3) is 0.235. The minimum atomic E-state index is -0.787. The zero-order valence-corrected chi connectivity index (χ0v) is 13.5. The highest BCUT2D eigenvalue weighted by atomic mass is 32.2. The summed E-state index contributed by atoms with van der Waals surface area (Å²) in [5, 5.41) is 7.86. The van der Waals surface area contributed by atoms with E-state index in [0.29, 0.717) is 5.75 Å². The van der Waals surface area contributed by atoms with Crippen LogP contribution in [0.3, 0.4) is 0 Å². The van der Waals surface area contributed by atoms with E-state index >= 15 is 0 Å². The number of benzene rings is 2. The van der Waals surface area contributed by atoms with Crippen LogP contribution in [0, 0.1) is 0 Å². The van der Waals surface area contributed by atoms with Crippen LogP contribution in [0.4, 0.5) is 0 Å². The van der Waals surface area contributed by atoms with Gasteiger partial charge in [-0.15, -0.1) is 0 Å². The number of hydrogen-bond donors (Lipinski definition) is 2. The molecule has 2 rings (SSSR count). The van der Waals surface area contributed by atoms with Crippen LogP contribution >= 0.6 is 24.4 Å². The van der Waals surface area contributed by atoms with Gasteiger partial charge < -0.3 is 5.11 Å². The van der Waals surface area contributed by atoms with Crippen LogP contribution in [0.1, 0.15) is 17.5 Å². The third-order valence-corrected chi connectivity index (χ3v) is 3.85. The Labute approximate surface area is 136 Å². The summed E-state index contributed by atoms with van der Waals surface area (Å²) in [4.78, 5) is 9.55. The molecule has 0 amide bonds. The molecule has 0 atom stereocenters. The van der Waals surface area contributed by atoms with Crippen molar-refractivity contribution in [2.24, 2.45) is 0 Å². The maximum absolute atomic E-state index is 9.55. The average molecular weight is 320 g/mol. The molecular formula is C17H20O2S2. The monoisotopic (exact) mass is 320 g/mol. The van der Waals surface area contributed by atoms with E-state index < -0.39 is 5.97 Å². The highest BCUT2D eigenvalue weighted by Gasteiger charge is 1.93. The Bertz CT molecular complexity index is 461. The number of thioether (sulfide) groups is 1. The van der Waals surface area contributed by atoms with Gasteiger partial charge in [0.25, 0.3) is 0 Å². The maximum Gasteiger partial charge on any atom is 0.304 e. The summed E-state index contributed by atoms with van der Waals surface area (Å²) in [6.07, 6.45) is 0.156. The van der Waals surface area contributed by atoms with Crippen LogP contribution in [0.15, 0.2) is 60.7 Å². The van der Waals surface area contributed by atoms with E-state index in [1.807, 2.05) is 11.8 Å². The van der Waals surface area contributed by atoms with Gasteiger partial charge in [-0.25, -0.2) is 0 Å². The van der Waals surface area contributed by atoms with E-state index in [1.165, 1.54) is 11.1 Å². The van der Waals surface area contributed by atoms with Crippen molar-refractivity contribution in [1.29, 1.82) is 0 Å². The lowest BCUT2D eigenvalue weighted by Crippen LogP contribution is -1.93. The largest absolute Gasteiger partial charge is 0.481 e. The zero-order valence-electron chi connectivity index (χ0n) is 11.8. The molecule has 21 heavy (non-hydrogen) atoms. The lowest BCUT2D eigenvalue weighted by Gasteiger charge is -2.01. The molecule has 0 aliphatic heterocycles. The molecule has 2 nitrogen and oxygen atoms in total. The predicted molar refractivity (Wildman–Crippen MR) is 94.0 cm³/mol. The van der Waals surface area contributed by atoms with Gasteiger partial charge in [-0.05, 0) is 11.1 Å². The highest BCUT2D eigenvalue weighted by Crippen LogP contribution is 2.17. The van der Waals surface area contributed by atoms with E-state index in [-0.39, 0.29) is 6.42 Å². The molecule has 0 unspecified atom stereocenters. The smallest absolute Gasteiger partial charge is 0.304 e. The van der Waals surface area contributed by atoms with Gasteiger partial charge in [-0.1, -0.05) is 60.7 Å². The minimum absolute atomic E-state index is 0.156. The Hall–Kier alpha value is -1.39. The van der Waals surface area contributed by atoms with Gasteiger partial charge >= 0.3 is 5.97 Å². The number of thiol groups is 1. The van der Waals surface area contributed by atoms with Crippen molar-refractivity contribution in [2.75, 3.05) is 5.75 Å². The molecule has 0 aliphatic rings. The van der Waals surface area contributed by atoms with Gasteiger partial charge in [0.15, 0.2) is 0 Å². The fourth-order valence-electron chi connectivity index (χ4n) is 1.53. The van der Waals surface area contributed by atoms with E-state index in [0.717, 1.165) is 11.5 Å². The van der Waals surface area contributed by atoms with Gasteiger partial charge in [0.1, 0.15) is 0 Å². The van der Waals surface area contributed by atoms with Crippen molar-refractivity contribution in [3.63, 3.8) is 0 Å². The molecule has 0 bridgehead atoms. The predicted octanol–water partition coefficient (Wildman–Crippen LogP) is 4.51. The molecule has 4 heteroatoms. The number of rotatable bonds is 6. The van der Waals surface area contributed by atoms with Crippen molar-refractivity contribution in [3.8, 4) is 0 Å². The molecule has 2 aromatic rings. The lowest BCUT2D eigenvalue weighted by atomic mass is 10.2. The minimum Gasteiger partial charge on any atom is -0.481 e. The van der Waals surface area contributed by atoms with Crippen molar-refractivity contribution in [2.45, 2.75) is 17.9 Å². The summed E-state index contributed by atoms with van der Waals surface area (Å²) in [5.41, 5.74) is 2.80. The van der Waals surface area contributed by atoms with Crippen LogP contribution in [-0.4, -0.2) is 16.8 Å². The van der Waals surface area contributed by atoms with Crippen molar-refractivity contribution in [3.05, 3.63) is 71.8 Å². The Kier molecular flexibility index (Phi) is 9.49. The zero-order chi connectivity index (χ0) is 15.3. The topological polar surface area (TPSA) is 37.3 Å². The SMILES string of the molecule is O=C(O)CCS.c1ccc(CSCc2ccccc2)cc1. The van der Waals surface area contributed by atoms with Crippen LogP contribution in [-0.2, 0) is 16.3 Å². The Morgan fingerprint density at radius 2 is 1.33 bits per heavy atom. The summed E-state index contributed by atoms with van der Waals surface area (Å²) in [6, 6.07) is 21.2. The summed E-state index contributed by atoms with van der Waals surface area (Å²) in [6.45, 7) is 0. The third-order valence-electron chi connectivity index (χ3n) is 2.55. The molecular weight excluding hydrogens is 300 g/mol. The average Bonchev–Trinajstić information content (AvgIpc) is 2.50. The molecule has 0 aromatic heterocycles. The van der Waals surface area contributed by atoms with Gasteiger partial charge in [-0.2, -0.15) is 24.4 Å². The van der Waals surface area contributed by atoms with Crippen LogP contribution in [0.25, 0.3) is 0 Å². The first-order valence-corrected chi connectivity index (χ1v) is 8.49. The summed E-state index contributed by atoms with van der Waals surface area (Å²) in [7, 11) is 0. The molecule has 0 saturated carbocycles. The first kappa shape index (κ1) is 17.7. The molecule has 1 N–H and O–H groups in total. The molecule has 0 spiro atoms. The maximum atomic E-state index is 9.55.